The molecule has 0 bridgehead atoms. The summed E-state index contributed by atoms with van der Waals surface area (Å²) in [6.07, 6.45) is 3.76. The Bertz CT molecular complexity index is 2380. The Labute approximate surface area is 251 Å². The molecule has 5 heteroatoms. The number of hydrogen-bond acceptors (Lipinski definition) is 3. The summed E-state index contributed by atoms with van der Waals surface area (Å²) in [7, 11) is 0. The van der Waals surface area contributed by atoms with Gasteiger partial charge in [0.1, 0.15) is 0 Å². The number of para-hydroxylation sites is 2. The van der Waals surface area contributed by atoms with E-state index in [2.05, 4.69) is 142 Å². The van der Waals surface area contributed by atoms with Crippen molar-refractivity contribution >= 4 is 54.9 Å². The van der Waals surface area contributed by atoms with Crippen molar-refractivity contribution in [2.75, 3.05) is 0 Å². The van der Waals surface area contributed by atoms with Gasteiger partial charge in [-0.1, -0.05) is 108 Å². The Balaban J connectivity index is 1.40. The second-order valence-electron chi connectivity index (χ2n) is 10.7. The fourth-order valence-electron chi connectivity index (χ4n) is 6.38. The van der Waals surface area contributed by atoms with Gasteiger partial charge in [-0.25, -0.2) is 4.98 Å². The highest BCUT2D eigenvalue weighted by Crippen LogP contribution is 2.43. The molecule has 4 aromatic heterocycles. The van der Waals surface area contributed by atoms with Crippen molar-refractivity contribution < 1.29 is 0 Å². The van der Waals surface area contributed by atoms with Gasteiger partial charge < -0.3 is 4.57 Å². The number of thiazole rings is 1. The molecule has 0 unspecified atom stereocenters. The second kappa shape index (κ2) is 9.51. The largest absolute Gasteiger partial charge is 0.308 e. The molecule has 9 aromatic rings. The zero-order valence-electron chi connectivity index (χ0n) is 23.1. The van der Waals surface area contributed by atoms with E-state index in [4.69, 9.17) is 4.98 Å². The van der Waals surface area contributed by atoms with Crippen LogP contribution in [0, 0.1) is 0 Å². The molecule has 9 rings (SSSR count). The third-order valence-corrected chi connectivity index (χ3v) is 9.35. The average Bonchev–Trinajstić information content (AvgIpc) is 3.75. The van der Waals surface area contributed by atoms with Crippen LogP contribution >= 0.6 is 11.3 Å². The van der Waals surface area contributed by atoms with Crippen molar-refractivity contribution in [1.29, 1.82) is 0 Å². The number of pyridine rings is 1. The number of rotatable bonds is 4. The summed E-state index contributed by atoms with van der Waals surface area (Å²) >= 11 is 1.74. The topological polar surface area (TPSA) is 35.6 Å². The normalized spacial score (nSPS) is 11.7. The molecule has 202 valence electrons. The van der Waals surface area contributed by atoms with Gasteiger partial charge in [0.05, 0.1) is 44.5 Å². The lowest BCUT2D eigenvalue weighted by molar-refractivity contribution is 1.13. The summed E-state index contributed by atoms with van der Waals surface area (Å²) < 4.78 is 4.67. The van der Waals surface area contributed by atoms with Gasteiger partial charge in [0.25, 0.3) is 0 Å². The second-order valence-corrected chi connectivity index (χ2v) is 11.7. The van der Waals surface area contributed by atoms with Crippen molar-refractivity contribution in [2.45, 2.75) is 0 Å². The Morgan fingerprint density at radius 1 is 0.488 bits per heavy atom. The van der Waals surface area contributed by atoms with E-state index in [9.17, 15) is 0 Å². The van der Waals surface area contributed by atoms with E-state index in [1.54, 1.807) is 11.3 Å². The van der Waals surface area contributed by atoms with Crippen LogP contribution in [0.3, 0.4) is 0 Å². The van der Waals surface area contributed by atoms with Gasteiger partial charge in [-0.15, -0.1) is 0 Å². The zero-order chi connectivity index (χ0) is 28.3. The van der Waals surface area contributed by atoms with Gasteiger partial charge >= 0.3 is 0 Å². The van der Waals surface area contributed by atoms with Gasteiger partial charge in [-0.3, -0.25) is 9.55 Å². The molecule has 0 aliphatic heterocycles. The average molecular weight is 569 g/mol. The third-order valence-electron chi connectivity index (χ3n) is 8.26. The minimum Gasteiger partial charge on any atom is -0.308 e. The Morgan fingerprint density at radius 2 is 1.09 bits per heavy atom. The van der Waals surface area contributed by atoms with Crippen molar-refractivity contribution in [3.05, 3.63) is 146 Å². The minimum atomic E-state index is 0.951. The fraction of sp³-hybridized carbons (Fsp3) is 0. The number of nitrogens with zero attached hydrogens (tertiary/aromatic N) is 4. The molecular weight excluding hydrogens is 545 g/mol. The van der Waals surface area contributed by atoms with Crippen LogP contribution in [0.4, 0.5) is 0 Å². The van der Waals surface area contributed by atoms with E-state index in [0.717, 1.165) is 38.6 Å². The predicted octanol–water partition coefficient (Wildman–Crippen LogP) is 10.1. The summed E-state index contributed by atoms with van der Waals surface area (Å²) in [5, 5.41) is 5.84. The first-order chi connectivity index (χ1) is 21.3. The first-order valence-electron chi connectivity index (χ1n) is 14.3. The van der Waals surface area contributed by atoms with Crippen LogP contribution in [0.1, 0.15) is 0 Å². The van der Waals surface area contributed by atoms with Crippen LogP contribution in [0.2, 0.25) is 0 Å². The van der Waals surface area contributed by atoms with Crippen LogP contribution < -0.4 is 0 Å². The maximum Gasteiger partial charge on any atom is 0.195 e. The molecule has 0 aliphatic rings. The Kier molecular flexibility index (Phi) is 5.33. The van der Waals surface area contributed by atoms with Crippen molar-refractivity contribution in [3.63, 3.8) is 0 Å². The van der Waals surface area contributed by atoms with Crippen LogP contribution in [-0.4, -0.2) is 19.1 Å². The van der Waals surface area contributed by atoms with Gasteiger partial charge in [-0.05, 0) is 42.0 Å². The van der Waals surface area contributed by atoms with Gasteiger partial charge in [0.2, 0.25) is 0 Å². The fourth-order valence-corrected chi connectivity index (χ4v) is 7.50. The highest BCUT2D eigenvalue weighted by Gasteiger charge is 2.22. The van der Waals surface area contributed by atoms with E-state index in [-0.39, 0.29) is 0 Å². The summed E-state index contributed by atoms with van der Waals surface area (Å²) in [6, 6.07) is 47.2. The molecule has 4 heterocycles. The zero-order valence-corrected chi connectivity index (χ0v) is 23.9. The highest BCUT2D eigenvalue weighted by atomic mass is 32.1. The molecule has 0 saturated carbocycles. The molecule has 5 aromatic carbocycles. The number of benzene rings is 5. The third kappa shape index (κ3) is 3.69. The quantitative estimate of drug-likeness (QED) is 0.212. The number of fused-ring (bicyclic) bond motifs is 6. The number of hydrogen-bond donors (Lipinski definition) is 0. The van der Waals surface area contributed by atoms with E-state index in [0.29, 0.717) is 0 Å². The van der Waals surface area contributed by atoms with E-state index in [1.165, 1.54) is 37.5 Å². The van der Waals surface area contributed by atoms with Crippen LogP contribution in [0.5, 0.6) is 0 Å². The molecule has 43 heavy (non-hydrogen) atoms. The first kappa shape index (κ1) is 24.1. The lowest BCUT2D eigenvalue weighted by Gasteiger charge is -2.08. The van der Waals surface area contributed by atoms with Crippen LogP contribution in [0.15, 0.2) is 146 Å². The van der Waals surface area contributed by atoms with Gasteiger partial charge in [0.15, 0.2) is 5.13 Å². The monoisotopic (exact) mass is 568 g/mol. The van der Waals surface area contributed by atoms with Crippen molar-refractivity contribution in [1.82, 2.24) is 19.1 Å². The summed E-state index contributed by atoms with van der Waals surface area (Å²) in [6.45, 7) is 0. The van der Waals surface area contributed by atoms with Crippen molar-refractivity contribution in [2.24, 2.45) is 0 Å². The maximum absolute atomic E-state index is 5.37. The standard InChI is InChI=1S/C38H24N4S/c1-3-12-25(13-4-1)36-37(26-14-5-2-6-15-26)43-38(40-36)42-33-20-10-8-18-29(33)31-22-30-28-17-7-9-19-32(28)41(34(30)23-35(31)42)27-16-11-21-39-24-27/h1-24H. The summed E-state index contributed by atoms with van der Waals surface area (Å²) in [5.41, 5.74) is 8.93. The van der Waals surface area contributed by atoms with Crippen molar-refractivity contribution in [3.8, 4) is 32.5 Å². The molecule has 0 radical (unpaired) electrons. The first-order valence-corrected chi connectivity index (χ1v) is 15.2. The summed E-state index contributed by atoms with van der Waals surface area (Å²) in [5.74, 6) is 0. The molecule has 4 nitrogen and oxygen atoms in total. The Morgan fingerprint density at radius 3 is 1.77 bits per heavy atom. The molecular formula is C38H24N4S. The molecule has 0 saturated heterocycles. The van der Waals surface area contributed by atoms with E-state index >= 15 is 0 Å². The number of aromatic nitrogens is 4. The molecule has 0 aliphatic carbocycles. The van der Waals surface area contributed by atoms with Crippen LogP contribution in [-0.2, 0) is 0 Å². The van der Waals surface area contributed by atoms with Gasteiger partial charge in [-0.2, -0.15) is 0 Å². The molecule has 0 fully saturated rings. The predicted molar refractivity (Wildman–Crippen MR) is 179 cm³/mol. The smallest absolute Gasteiger partial charge is 0.195 e. The van der Waals surface area contributed by atoms with E-state index in [1.807, 2.05) is 18.5 Å². The lowest BCUT2D eigenvalue weighted by atomic mass is 10.1. The molecule has 0 amide bonds. The van der Waals surface area contributed by atoms with E-state index < -0.39 is 0 Å². The van der Waals surface area contributed by atoms with Crippen LogP contribution in [0.25, 0.3) is 76.1 Å². The van der Waals surface area contributed by atoms with Gasteiger partial charge in [0, 0.05) is 33.3 Å². The minimum absolute atomic E-state index is 0.951. The molecule has 0 spiro atoms. The highest BCUT2D eigenvalue weighted by molar-refractivity contribution is 7.18. The SMILES string of the molecule is c1ccc(-c2nc(-n3c4ccccc4c4cc5c6ccccc6n(-c6cccnc6)c5cc43)sc2-c2ccccc2)cc1. The summed E-state index contributed by atoms with van der Waals surface area (Å²) in [4.78, 5) is 11.0. The maximum atomic E-state index is 5.37. The molecule has 0 atom stereocenters. The lowest BCUT2D eigenvalue weighted by Crippen LogP contribution is -1.96. The Hall–Kier alpha value is -5.52. The molecule has 0 N–H and O–H groups in total.